The van der Waals surface area contributed by atoms with E-state index in [9.17, 15) is 100 Å². The maximum atomic E-state index is 12.2. The molecule has 0 aliphatic carbocycles. The van der Waals surface area contributed by atoms with Crippen LogP contribution in [0.3, 0.4) is 0 Å². The van der Waals surface area contributed by atoms with Gasteiger partial charge in [-0.2, -0.15) is 0 Å². The number of carboxylic acids is 1. The summed E-state index contributed by atoms with van der Waals surface area (Å²) < 4.78 is 211. The molecule has 0 aromatic rings. The molecule has 58 heavy (non-hydrogen) atoms. The molecule has 3 rings (SSSR count). The molecule has 3 heterocycles. The molecule has 3 saturated heterocycles. The Morgan fingerprint density at radius 1 is 0.569 bits per heavy atom. The number of nitrogens with one attached hydrogen (secondary N) is 3. The van der Waals surface area contributed by atoms with Crippen molar-refractivity contribution in [3.63, 3.8) is 0 Å². The fourth-order valence-electron chi connectivity index (χ4n) is 5.38. The molecule has 0 bridgehead atoms. The standard InChI is InChI=1S/C20H37N3O30S5/c24-9-5(3-47-57(40,41)42)49-19(7(10(9)25)22-55(34,35)36)52-15-12(27)13(28)20(53-16(15)17(29)30)51-14-6(4-48-58(43,44)45)50-18(46-2-1-21-54(31,32)33)8(11(14)26)23-56(37,38)39/h5-16,18-28H,1-4H2,(H,29,30)(H,31,32,33)(H,34,35,36)(H,37,38,39)(H,40,41,42)(H,43,44,45)/p-6/t5-,6-,7-,8-,9-,10-,11-,12-,13-,14-,15+,16+,18+,19-,20-/m1/s1. The normalized spacial score (nSPS) is 37.0. The van der Waals surface area contributed by atoms with Crippen LogP contribution in [-0.4, -0.2) is 215 Å². The Hall–Kier alpha value is -1.62. The second-order valence-corrected chi connectivity index (χ2v) is 17.4. The molecule has 0 amide bonds. The van der Waals surface area contributed by atoms with Gasteiger partial charge in [0.05, 0.1) is 25.8 Å². The SMILES string of the molecule is O=C([O-])[C@H]1O[C@@H](O[C@H]2[C@H](O)[C@@H](NS(=O)(=O)[O-])[C@@H](OCCNS(=O)(=O)[O-])O[C@@H]2COS(=O)(=O)[O-])[C@H](O)[C@@H](O)[C@@H]1O[C@H]1O[C@H](COS(=O)(=O)[O-])[C@@H](O)[C@H](O)[C@H]1NS(=O)(=O)[O-]. The number of carbonyl (C=O) groups excluding carboxylic acids is 1. The van der Waals surface area contributed by atoms with Gasteiger partial charge in [0, 0.05) is 6.54 Å². The highest BCUT2D eigenvalue weighted by Crippen LogP contribution is 2.33. The molecule has 0 aromatic heterocycles. The smallest absolute Gasteiger partial charge is 0.217 e. The maximum absolute atomic E-state index is 12.2. The monoisotopic (exact) mass is 953 g/mol. The Morgan fingerprint density at radius 2 is 1.05 bits per heavy atom. The van der Waals surface area contributed by atoms with Crippen LogP contribution in [0.15, 0.2) is 0 Å². The van der Waals surface area contributed by atoms with Crippen molar-refractivity contribution in [2.45, 2.75) is 92.0 Å². The second-order valence-electron chi connectivity index (χ2n) is 11.8. The van der Waals surface area contributed by atoms with Gasteiger partial charge < -0.3 is 86.6 Å². The van der Waals surface area contributed by atoms with Gasteiger partial charge in [0.2, 0.25) is 20.8 Å². The van der Waals surface area contributed by atoms with Crippen molar-refractivity contribution in [2.24, 2.45) is 0 Å². The molecule has 3 fully saturated rings. The highest BCUT2D eigenvalue weighted by Gasteiger charge is 2.55. The fraction of sp³-hybridized carbons (Fsp3) is 0.950. The number of ether oxygens (including phenoxy) is 6. The summed E-state index contributed by atoms with van der Waals surface area (Å²) in [6.07, 6.45) is -32.8. The largest absolute Gasteiger partial charge is 0.735 e. The van der Waals surface area contributed by atoms with Crippen molar-refractivity contribution < 1.29 is 137 Å². The third-order valence-electron chi connectivity index (χ3n) is 7.71. The molecular weight excluding hydrogens is 923 g/mol. The topological polar surface area (TPSA) is 537 Å². The maximum Gasteiger partial charge on any atom is 0.217 e. The minimum atomic E-state index is -5.66. The van der Waals surface area contributed by atoms with E-state index in [1.54, 1.807) is 0 Å². The Morgan fingerprint density at radius 3 is 1.53 bits per heavy atom. The van der Waals surface area contributed by atoms with Gasteiger partial charge in [-0.3, -0.25) is 8.37 Å². The Bertz CT molecular complexity index is 1970. The number of aliphatic hydroxyl groups excluding tert-OH is 5. The number of hydrogen-bond acceptors (Lipinski definition) is 30. The molecule has 15 atom stereocenters. The number of aliphatic carboxylic acids is 1. The number of carbonyl (C=O) groups is 1. The summed E-state index contributed by atoms with van der Waals surface area (Å²) >= 11 is 0. The van der Waals surface area contributed by atoms with Crippen molar-refractivity contribution in [3.8, 4) is 0 Å². The van der Waals surface area contributed by atoms with Crippen molar-refractivity contribution >= 4 is 57.7 Å². The molecule has 0 aromatic carbocycles. The van der Waals surface area contributed by atoms with E-state index in [0.29, 0.717) is 0 Å². The van der Waals surface area contributed by atoms with Crippen LogP contribution in [0.4, 0.5) is 0 Å². The number of hydrogen-bond donors (Lipinski definition) is 8. The van der Waals surface area contributed by atoms with Gasteiger partial charge in [-0.15, -0.1) is 0 Å². The van der Waals surface area contributed by atoms with Gasteiger partial charge in [0.15, 0.2) is 49.8 Å². The van der Waals surface area contributed by atoms with E-state index >= 15 is 0 Å². The molecule has 0 radical (unpaired) electrons. The van der Waals surface area contributed by atoms with Gasteiger partial charge in [0.1, 0.15) is 73.1 Å². The van der Waals surface area contributed by atoms with Crippen LogP contribution in [0.5, 0.6) is 0 Å². The molecule has 38 heteroatoms. The summed E-state index contributed by atoms with van der Waals surface area (Å²) in [5.41, 5.74) is 0. The van der Waals surface area contributed by atoms with Gasteiger partial charge in [0.25, 0.3) is 0 Å². The minimum Gasteiger partial charge on any atom is -0.735 e. The lowest BCUT2D eigenvalue weighted by Crippen LogP contribution is -2.70. The van der Waals surface area contributed by atoms with Crippen LogP contribution >= 0.6 is 0 Å². The van der Waals surface area contributed by atoms with Crippen molar-refractivity contribution in [3.05, 3.63) is 0 Å². The van der Waals surface area contributed by atoms with Crippen LogP contribution in [0.2, 0.25) is 0 Å². The molecule has 0 saturated carbocycles. The molecule has 3 aliphatic rings. The average Bonchev–Trinajstić information content (AvgIpc) is 3.04. The Labute approximate surface area is 326 Å². The Kier molecular flexibility index (Phi) is 17.2. The van der Waals surface area contributed by atoms with Crippen molar-refractivity contribution in [1.29, 1.82) is 0 Å². The van der Waals surface area contributed by atoms with E-state index in [1.807, 2.05) is 0 Å². The second kappa shape index (κ2) is 19.6. The van der Waals surface area contributed by atoms with Gasteiger partial charge >= 0.3 is 0 Å². The summed E-state index contributed by atoms with van der Waals surface area (Å²) in [6, 6.07) is -4.85. The predicted molar refractivity (Wildman–Crippen MR) is 159 cm³/mol. The van der Waals surface area contributed by atoms with Crippen molar-refractivity contribution in [1.82, 2.24) is 14.2 Å². The summed E-state index contributed by atoms with van der Waals surface area (Å²) in [5, 5.41) is 66.0. The van der Waals surface area contributed by atoms with E-state index in [1.165, 1.54) is 14.2 Å². The van der Waals surface area contributed by atoms with Gasteiger partial charge in [-0.1, -0.05) is 0 Å². The lowest BCUT2D eigenvalue weighted by atomic mass is 9.95. The predicted octanol–water partition coefficient (Wildman–Crippen LogP) is -12.7. The van der Waals surface area contributed by atoms with Crippen LogP contribution in [0, 0.1) is 0 Å². The third kappa shape index (κ3) is 15.4. The third-order valence-corrected chi connectivity index (χ3v) is 10.2. The molecule has 342 valence electrons. The Balaban J connectivity index is 1.96. The van der Waals surface area contributed by atoms with Crippen LogP contribution in [0.25, 0.3) is 0 Å². The van der Waals surface area contributed by atoms with Crippen LogP contribution in [-0.2, 0) is 93.3 Å². The first kappa shape index (κ1) is 50.7. The molecule has 8 N–H and O–H groups in total. The van der Waals surface area contributed by atoms with E-state index in [2.05, 4.69) is 8.37 Å². The van der Waals surface area contributed by atoms with Crippen LogP contribution < -0.4 is 19.3 Å². The molecular formula is C20H31N3O30S5-6. The molecule has 3 aliphatic heterocycles. The van der Waals surface area contributed by atoms with E-state index in [-0.39, 0.29) is 0 Å². The van der Waals surface area contributed by atoms with Crippen LogP contribution in [0.1, 0.15) is 0 Å². The summed E-state index contributed by atoms with van der Waals surface area (Å²) in [6.45, 7) is -4.73. The fourth-order valence-corrected chi connectivity index (χ4v) is 7.48. The first-order valence-electron chi connectivity index (χ1n) is 15.1. The number of aliphatic hydroxyl groups is 5. The van der Waals surface area contributed by atoms with Gasteiger partial charge in [-0.25, -0.2) is 56.3 Å². The lowest BCUT2D eigenvalue weighted by molar-refractivity contribution is -0.381. The summed E-state index contributed by atoms with van der Waals surface area (Å²) in [7, 11) is -27.6. The zero-order chi connectivity index (χ0) is 44.3. The zero-order valence-electron chi connectivity index (χ0n) is 28.0. The van der Waals surface area contributed by atoms with E-state index in [4.69, 9.17) is 28.4 Å². The lowest BCUT2D eigenvalue weighted by Gasteiger charge is -2.49. The first-order valence-corrected chi connectivity index (χ1v) is 22.0. The quantitative estimate of drug-likeness (QED) is 0.0319. The summed E-state index contributed by atoms with van der Waals surface area (Å²) in [4.78, 5) is 12.2. The highest BCUT2D eigenvalue weighted by atomic mass is 32.3. The molecule has 0 spiro atoms. The van der Waals surface area contributed by atoms with E-state index in [0.717, 1.165) is 0 Å². The van der Waals surface area contributed by atoms with E-state index < -0.39 is 176 Å². The average molecular weight is 954 g/mol. The highest BCUT2D eigenvalue weighted by molar-refractivity contribution is 7.84. The zero-order valence-corrected chi connectivity index (χ0v) is 32.1. The number of carboxylic acid groups (broad SMARTS) is 1. The minimum absolute atomic E-state index is 0.867. The molecule has 33 nitrogen and oxygen atoms in total. The first-order chi connectivity index (χ1) is 26.3. The van der Waals surface area contributed by atoms with Gasteiger partial charge in [-0.05, 0) is 0 Å². The van der Waals surface area contributed by atoms with Crippen molar-refractivity contribution in [2.75, 3.05) is 26.4 Å². The molecule has 0 unspecified atom stereocenters. The number of rotatable bonds is 20. The summed E-state index contributed by atoms with van der Waals surface area (Å²) in [5.74, 6) is -2.42.